The summed E-state index contributed by atoms with van der Waals surface area (Å²) in [7, 11) is 0. The van der Waals surface area contributed by atoms with E-state index in [0.717, 1.165) is 6.42 Å². The van der Waals surface area contributed by atoms with Crippen LogP contribution in [0.3, 0.4) is 0 Å². The van der Waals surface area contributed by atoms with Crippen molar-refractivity contribution in [2.45, 2.75) is 39.4 Å². The summed E-state index contributed by atoms with van der Waals surface area (Å²) >= 11 is 0. The topological polar surface area (TPSA) is 58.6 Å². The lowest BCUT2D eigenvalue weighted by molar-refractivity contribution is -0.119. The molecule has 0 aromatic rings. The SMILES string of the molecule is CCC(C)OCC(O)CNC(C)=O. The zero-order valence-corrected chi connectivity index (χ0v) is 8.54. The Hall–Kier alpha value is -0.610. The smallest absolute Gasteiger partial charge is 0.216 e. The molecule has 13 heavy (non-hydrogen) atoms. The van der Waals surface area contributed by atoms with Crippen LogP contribution in [0.2, 0.25) is 0 Å². The predicted octanol–water partition coefficient (Wildman–Crippen LogP) is 0.299. The summed E-state index contributed by atoms with van der Waals surface area (Å²) in [5.74, 6) is -0.136. The fourth-order valence-corrected chi connectivity index (χ4v) is 0.714. The first-order valence-corrected chi connectivity index (χ1v) is 4.60. The van der Waals surface area contributed by atoms with E-state index >= 15 is 0 Å². The van der Waals surface area contributed by atoms with Gasteiger partial charge >= 0.3 is 0 Å². The van der Waals surface area contributed by atoms with Crippen LogP contribution in [0.5, 0.6) is 0 Å². The average Bonchev–Trinajstić information content (AvgIpc) is 2.10. The highest BCUT2D eigenvalue weighted by Crippen LogP contribution is 1.96. The highest BCUT2D eigenvalue weighted by atomic mass is 16.5. The van der Waals surface area contributed by atoms with Crippen molar-refractivity contribution in [3.05, 3.63) is 0 Å². The third kappa shape index (κ3) is 7.74. The molecule has 0 rings (SSSR count). The molecule has 0 aliphatic heterocycles. The van der Waals surface area contributed by atoms with Crippen molar-refractivity contribution in [2.75, 3.05) is 13.2 Å². The quantitative estimate of drug-likeness (QED) is 0.631. The Morgan fingerprint density at radius 3 is 2.69 bits per heavy atom. The van der Waals surface area contributed by atoms with Crippen molar-refractivity contribution < 1.29 is 14.6 Å². The van der Waals surface area contributed by atoms with Crippen LogP contribution < -0.4 is 5.32 Å². The largest absolute Gasteiger partial charge is 0.389 e. The van der Waals surface area contributed by atoms with Gasteiger partial charge in [0.1, 0.15) is 0 Å². The van der Waals surface area contributed by atoms with E-state index in [0.29, 0.717) is 0 Å². The zero-order valence-electron chi connectivity index (χ0n) is 8.54. The third-order valence-electron chi connectivity index (χ3n) is 1.73. The van der Waals surface area contributed by atoms with Gasteiger partial charge in [0, 0.05) is 13.5 Å². The highest BCUT2D eigenvalue weighted by molar-refractivity contribution is 5.72. The van der Waals surface area contributed by atoms with Crippen LogP contribution in [-0.4, -0.2) is 36.4 Å². The number of aliphatic hydroxyl groups excluding tert-OH is 1. The molecule has 4 heteroatoms. The number of rotatable bonds is 6. The average molecular weight is 189 g/mol. The van der Waals surface area contributed by atoms with Crippen LogP contribution >= 0.6 is 0 Å². The van der Waals surface area contributed by atoms with Crippen molar-refractivity contribution in [1.29, 1.82) is 0 Å². The summed E-state index contributed by atoms with van der Waals surface area (Å²) in [6.07, 6.45) is 0.470. The summed E-state index contributed by atoms with van der Waals surface area (Å²) in [6.45, 7) is 5.92. The lowest BCUT2D eigenvalue weighted by Gasteiger charge is -2.15. The van der Waals surface area contributed by atoms with Crippen LogP contribution in [-0.2, 0) is 9.53 Å². The molecule has 2 N–H and O–H groups in total. The Morgan fingerprint density at radius 1 is 1.62 bits per heavy atom. The normalized spacial score (nSPS) is 15.1. The van der Waals surface area contributed by atoms with E-state index in [-0.39, 0.29) is 25.2 Å². The number of carbonyl (C=O) groups is 1. The molecule has 2 unspecified atom stereocenters. The molecular formula is C9H19NO3. The van der Waals surface area contributed by atoms with Crippen LogP contribution in [0, 0.1) is 0 Å². The zero-order chi connectivity index (χ0) is 10.3. The van der Waals surface area contributed by atoms with E-state index in [1.807, 2.05) is 13.8 Å². The first kappa shape index (κ1) is 12.4. The maximum atomic E-state index is 10.5. The number of hydrogen-bond donors (Lipinski definition) is 2. The van der Waals surface area contributed by atoms with Gasteiger partial charge in [-0.15, -0.1) is 0 Å². The molecule has 4 nitrogen and oxygen atoms in total. The fraction of sp³-hybridized carbons (Fsp3) is 0.889. The number of hydrogen-bond acceptors (Lipinski definition) is 3. The lowest BCUT2D eigenvalue weighted by Crippen LogP contribution is -2.33. The van der Waals surface area contributed by atoms with Gasteiger partial charge in [-0.25, -0.2) is 0 Å². The van der Waals surface area contributed by atoms with Gasteiger partial charge in [0.25, 0.3) is 0 Å². The highest BCUT2D eigenvalue weighted by Gasteiger charge is 2.06. The number of amides is 1. The third-order valence-corrected chi connectivity index (χ3v) is 1.73. The molecule has 0 fully saturated rings. The van der Waals surface area contributed by atoms with Gasteiger partial charge in [-0.3, -0.25) is 4.79 Å². The van der Waals surface area contributed by atoms with Crippen molar-refractivity contribution in [2.24, 2.45) is 0 Å². The van der Waals surface area contributed by atoms with Gasteiger partial charge in [0.2, 0.25) is 5.91 Å². The minimum Gasteiger partial charge on any atom is -0.389 e. The van der Waals surface area contributed by atoms with E-state index < -0.39 is 6.10 Å². The molecule has 0 heterocycles. The molecule has 78 valence electrons. The van der Waals surface area contributed by atoms with E-state index in [4.69, 9.17) is 4.74 Å². The molecule has 0 aliphatic rings. The van der Waals surface area contributed by atoms with E-state index in [1.54, 1.807) is 0 Å². The van der Waals surface area contributed by atoms with Crippen LogP contribution in [0.15, 0.2) is 0 Å². The van der Waals surface area contributed by atoms with Crippen LogP contribution in [0.1, 0.15) is 27.2 Å². The molecule has 0 aliphatic carbocycles. The molecule has 1 amide bonds. The second kappa shape index (κ2) is 6.86. The predicted molar refractivity (Wildman–Crippen MR) is 50.4 cm³/mol. The molecule has 0 bridgehead atoms. The molecular weight excluding hydrogens is 170 g/mol. The van der Waals surface area contributed by atoms with E-state index in [9.17, 15) is 9.90 Å². The van der Waals surface area contributed by atoms with Gasteiger partial charge in [0.05, 0.1) is 18.8 Å². The molecule has 2 atom stereocenters. The van der Waals surface area contributed by atoms with Gasteiger partial charge < -0.3 is 15.2 Å². The van der Waals surface area contributed by atoms with E-state index in [2.05, 4.69) is 5.32 Å². The molecule has 0 aromatic carbocycles. The fourth-order valence-electron chi connectivity index (χ4n) is 0.714. The van der Waals surface area contributed by atoms with Gasteiger partial charge in [-0.05, 0) is 13.3 Å². The number of aliphatic hydroxyl groups is 1. The van der Waals surface area contributed by atoms with E-state index in [1.165, 1.54) is 6.92 Å². The number of carbonyl (C=O) groups excluding carboxylic acids is 1. The second-order valence-electron chi connectivity index (χ2n) is 3.14. The number of nitrogens with one attached hydrogen (secondary N) is 1. The first-order chi connectivity index (χ1) is 6.06. The molecule has 0 saturated heterocycles. The summed E-state index contributed by atoms with van der Waals surface area (Å²) in [4.78, 5) is 10.5. The van der Waals surface area contributed by atoms with Gasteiger partial charge in [-0.1, -0.05) is 6.92 Å². The first-order valence-electron chi connectivity index (χ1n) is 4.60. The minimum atomic E-state index is -0.613. The minimum absolute atomic E-state index is 0.136. The summed E-state index contributed by atoms with van der Waals surface area (Å²) in [5, 5.41) is 11.8. The summed E-state index contributed by atoms with van der Waals surface area (Å²) in [6, 6.07) is 0. The van der Waals surface area contributed by atoms with Gasteiger partial charge in [-0.2, -0.15) is 0 Å². The van der Waals surface area contributed by atoms with Crippen molar-refractivity contribution >= 4 is 5.91 Å². The monoisotopic (exact) mass is 189 g/mol. The van der Waals surface area contributed by atoms with Crippen LogP contribution in [0.25, 0.3) is 0 Å². The maximum absolute atomic E-state index is 10.5. The van der Waals surface area contributed by atoms with Crippen LogP contribution in [0.4, 0.5) is 0 Å². The Labute approximate surface area is 79.3 Å². The Bertz CT molecular complexity index is 150. The lowest BCUT2D eigenvalue weighted by atomic mass is 10.3. The molecule has 0 aromatic heterocycles. The number of ether oxygens (including phenoxy) is 1. The second-order valence-corrected chi connectivity index (χ2v) is 3.14. The maximum Gasteiger partial charge on any atom is 0.216 e. The van der Waals surface area contributed by atoms with Crippen molar-refractivity contribution in [1.82, 2.24) is 5.32 Å². The standard InChI is InChI=1S/C9H19NO3/c1-4-7(2)13-6-9(12)5-10-8(3)11/h7,9,12H,4-6H2,1-3H3,(H,10,11). The summed E-state index contributed by atoms with van der Waals surface area (Å²) in [5.41, 5.74) is 0. The van der Waals surface area contributed by atoms with Crippen molar-refractivity contribution in [3.8, 4) is 0 Å². The Balaban J connectivity index is 3.39. The molecule has 0 saturated carbocycles. The summed E-state index contributed by atoms with van der Waals surface area (Å²) < 4.78 is 5.28. The van der Waals surface area contributed by atoms with Crippen molar-refractivity contribution in [3.63, 3.8) is 0 Å². The Morgan fingerprint density at radius 2 is 2.23 bits per heavy atom. The molecule has 0 radical (unpaired) electrons. The van der Waals surface area contributed by atoms with Gasteiger partial charge in [0.15, 0.2) is 0 Å². The molecule has 0 spiro atoms. The Kier molecular flexibility index (Phi) is 6.54.